The third-order valence-electron chi connectivity index (χ3n) is 4.18. The zero-order chi connectivity index (χ0) is 17.7. The standard InChI is InChI=1S/C17H19Cl2N3O2/c1-2-21(9-7-20)17(24)13-4-3-8-22(11-13)16(23)12-5-6-14(18)15(19)10-12/h5-6,10,13H,2-4,8-9,11H2,1H3. The molecule has 1 aromatic carbocycles. The number of rotatable bonds is 4. The Balaban J connectivity index is 2.09. The molecule has 1 unspecified atom stereocenters. The van der Waals surface area contributed by atoms with Gasteiger partial charge in [-0.25, -0.2) is 0 Å². The van der Waals surface area contributed by atoms with Crippen LogP contribution in [0.15, 0.2) is 18.2 Å². The molecule has 1 aromatic rings. The molecule has 2 rings (SSSR count). The van der Waals surface area contributed by atoms with Gasteiger partial charge >= 0.3 is 0 Å². The molecule has 5 nitrogen and oxygen atoms in total. The largest absolute Gasteiger partial charge is 0.338 e. The zero-order valence-electron chi connectivity index (χ0n) is 13.5. The highest BCUT2D eigenvalue weighted by molar-refractivity contribution is 6.42. The van der Waals surface area contributed by atoms with Crippen molar-refractivity contribution < 1.29 is 9.59 Å². The molecule has 24 heavy (non-hydrogen) atoms. The maximum absolute atomic E-state index is 12.6. The second-order valence-electron chi connectivity index (χ2n) is 5.73. The average molecular weight is 368 g/mol. The summed E-state index contributed by atoms with van der Waals surface area (Å²) in [7, 11) is 0. The number of carbonyl (C=O) groups is 2. The molecule has 0 radical (unpaired) electrons. The van der Waals surface area contributed by atoms with Crippen molar-refractivity contribution in [2.75, 3.05) is 26.2 Å². The molecule has 0 aliphatic carbocycles. The van der Waals surface area contributed by atoms with Gasteiger partial charge in [-0.15, -0.1) is 0 Å². The number of nitriles is 1. The van der Waals surface area contributed by atoms with Crippen molar-refractivity contribution in [3.8, 4) is 6.07 Å². The Labute approximate surface area is 151 Å². The maximum atomic E-state index is 12.6. The van der Waals surface area contributed by atoms with E-state index in [4.69, 9.17) is 28.5 Å². The van der Waals surface area contributed by atoms with E-state index in [1.165, 1.54) is 4.90 Å². The van der Waals surface area contributed by atoms with E-state index < -0.39 is 0 Å². The molecule has 0 N–H and O–H groups in total. The summed E-state index contributed by atoms with van der Waals surface area (Å²) in [5.41, 5.74) is 0.460. The highest BCUT2D eigenvalue weighted by Crippen LogP contribution is 2.25. The summed E-state index contributed by atoms with van der Waals surface area (Å²) in [5, 5.41) is 9.55. The lowest BCUT2D eigenvalue weighted by molar-refractivity contribution is -0.136. The van der Waals surface area contributed by atoms with Gasteiger partial charge in [-0.3, -0.25) is 9.59 Å². The van der Waals surface area contributed by atoms with E-state index in [9.17, 15) is 9.59 Å². The van der Waals surface area contributed by atoms with Crippen LogP contribution in [0.4, 0.5) is 0 Å². The van der Waals surface area contributed by atoms with Gasteiger partial charge in [0.2, 0.25) is 5.91 Å². The van der Waals surface area contributed by atoms with Gasteiger partial charge in [-0.05, 0) is 38.0 Å². The molecular weight excluding hydrogens is 349 g/mol. The molecule has 1 saturated heterocycles. The lowest BCUT2D eigenvalue weighted by atomic mass is 9.95. The molecule has 0 bridgehead atoms. The fourth-order valence-electron chi connectivity index (χ4n) is 2.86. The van der Waals surface area contributed by atoms with Crippen LogP contribution in [0.3, 0.4) is 0 Å². The fraction of sp³-hybridized carbons (Fsp3) is 0.471. The minimum Gasteiger partial charge on any atom is -0.338 e. The van der Waals surface area contributed by atoms with Gasteiger partial charge in [0.05, 0.1) is 22.0 Å². The number of hydrogen-bond donors (Lipinski definition) is 0. The monoisotopic (exact) mass is 367 g/mol. The van der Waals surface area contributed by atoms with E-state index in [1.807, 2.05) is 13.0 Å². The maximum Gasteiger partial charge on any atom is 0.253 e. The predicted molar refractivity (Wildman–Crippen MR) is 93.0 cm³/mol. The van der Waals surface area contributed by atoms with E-state index in [2.05, 4.69) is 0 Å². The summed E-state index contributed by atoms with van der Waals surface area (Å²) < 4.78 is 0. The van der Waals surface area contributed by atoms with Crippen molar-refractivity contribution in [3.05, 3.63) is 33.8 Å². The van der Waals surface area contributed by atoms with Gasteiger partial charge in [0.1, 0.15) is 6.54 Å². The van der Waals surface area contributed by atoms with Crippen LogP contribution in [0.5, 0.6) is 0 Å². The first-order chi connectivity index (χ1) is 11.5. The molecule has 1 aliphatic rings. The van der Waals surface area contributed by atoms with Crippen LogP contribution in [-0.2, 0) is 4.79 Å². The van der Waals surface area contributed by atoms with Gasteiger partial charge in [-0.2, -0.15) is 5.26 Å². The van der Waals surface area contributed by atoms with Crippen molar-refractivity contribution in [1.82, 2.24) is 9.80 Å². The van der Waals surface area contributed by atoms with Gasteiger partial charge in [0.25, 0.3) is 5.91 Å². The molecular formula is C17H19Cl2N3O2. The Kier molecular flexibility index (Phi) is 6.47. The Morgan fingerprint density at radius 2 is 2.12 bits per heavy atom. The molecule has 1 atom stereocenters. The van der Waals surface area contributed by atoms with E-state index in [1.54, 1.807) is 23.1 Å². The van der Waals surface area contributed by atoms with Crippen molar-refractivity contribution in [1.29, 1.82) is 5.26 Å². The highest BCUT2D eigenvalue weighted by Gasteiger charge is 2.31. The molecule has 1 heterocycles. The number of likely N-dealkylation sites (tertiary alicyclic amines) is 1. The summed E-state index contributed by atoms with van der Waals surface area (Å²) >= 11 is 11.9. The van der Waals surface area contributed by atoms with Crippen LogP contribution in [0, 0.1) is 17.2 Å². The van der Waals surface area contributed by atoms with E-state index in [0.717, 1.165) is 12.8 Å². The van der Waals surface area contributed by atoms with Crippen molar-refractivity contribution >= 4 is 35.0 Å². The molecule has 0 saturated carbocycles. The summed E-state index contributed by atoms with van der Waals surface area (Å²) in [5.74, 6) is -0.487. The van der Waals surface area contributed by atoms with E-state index in [-0.39, 0.29) is 24.3 Å². The smallest absolute Gasteiger partial charge is 0.253 e. The molecule has 2 amide bonds. The summed E-state index contributed by atoms with van der Waals surface area (Å²) in [4.78, 5) is 28.4. The van der Waals surface area contributed by atoms with Crippen LogP contribution in [0.25, 0.3) is 0 Å². The van der Waals surface area contributed by atoms with Gasteiger partial charge in [0, 0.05) is 25.2 Å². The van der Waals surface area contributed by atoms with Gasteiger partial charge < -0.3 is 9.80 Å². The molecule has 0 spiro atoms. The third kappa shape index (κ3) is 4.19. The highest BCUT2D eigenvalue weighted by atomic mass is 35.5. The second-order valence-corrected chi connectivity index (χ2v) is 6.54. The van der Waals surface area contributed by atoms with Crippen molar-refractivity contribution in [3.63, 3.8) is 0 Å². The number of amides is 2. The molecule has 1 fully saturated rings. The fourth-order valence-corrected chi connectivity index (χ4v) is 3.16. The number of nitrogens with zero attached hydrogens (tertiary/aromatic N) is 3. The lowest BCUT2D eigenvalue weighted by Crippen LogP contribution is -2.46. The number of carbonyl (C=O) groups excluding carboxylic acids is 2. The van der Waals surface area contributed by atoms with Crippen LogP contribution >= 0.6 is 23.2 Å². The van der Waals surface area contributed by atoms with Crippen LogP contribution in [0.2, 0.25) is 10.0 Å². The van der Waals surface area contributed by atoms with Gasteiger partial charge in [0.15, 0.2) is 0 Å². The molecule has 0 aromatic heterocycles. The topological polar surface area (TPSA) is 64.4 Å². The summed E-state index contributed by atoms with van der Waals surface area (Å²) in [6, 6.07) is 6.78. The first-order valence-electron chi connectivity index (χ1n) is 7.88. The Morgan fingerprint density at radius 1 is 1.38 bits per heavy atom. The minimum absolute atomic E-state index is 0.0642. The van der Waals surface area contributed by atoms with Crippen LogP contribution in [-0.4, -0.2) is 47.8 Å². The lowest BCUT2D eigenvalue weighted by Gasteiger charge is -2.34. The van der Waals surface area contributed by atoms with Crippen LogP contribution in [0.1, 0.15) is 30.1 Å². The van der Waals surface area contributed by atoms with E-state index in [0.29, 0.717) is 35.2 Å². The second kappa shape index (κ2) is 8.36. The normalized spacial score (nSPS) is 17.2. The van der Waals surface area contributed by atoms with Gasteiger partial charge in [-0.1, -0.05) is 23.2 Å². The molecule has 128 valence electrons. The quantitative estimate of drug-likeness (QED) is 0.767. The van der Waals surface area contributed by atoms with Crippen molar-refractivity contribution in [2.24, 2.45) is 5.92 Å². The number of halogens is 2. The SMILES string of the molecule is CCN(CC#N)C(=O)C1CCCN(C(=O)c2ccc(Cl)c(Cl)c2)C1. The third-order valence-corrected chi connectivity index (χ3v) is 4.92. The number of hydrogen-bond acceptors (Lipinski definition) is 3. The minimum atomic E-state index is -0.265. The predicted octanol–water partition coefficient (Wildman–Crippen LogP) is 3.22. The van der Waals surface area contributed by atoms with Crippen molar-refractivity contribution in [2.45, 2.75) is 19.8 Å². The average Bonchev–Trinajstić information content (AvgIpc) is 2.61. The molecule has 1 aliphatic heterocycles. The summed E-state index contributed by atoms with van der Waals surface area (Å²) in [6.07, 6.45) is 1.49. The Bertz CT molecular complexity index is 672. The van der Waals surface area contributed by atoms with Crippen LogP contribution < -0.4 is 0 Å². The first-order valence-corrected chi connectivity index (χ1v) is 8.63. The number of benzene rings is 1. The number of piperidine rings is 1. The molecule has 7 heteroatoms. The zero-order valence-corrected chi connectivity index (χ0v) is 15.0. The first kappa shape index (κ1) is 18.6. The Hall–Kier alpha value is -1.77. The summed E-state index contributed by atoms with van der Waals surface area (Å²) in [6.45, 7) is 3.37. The Morgan fingerprint density at radius 3 is 2.75 bits per heavy atom. The van der Waals surface area contributed by atoms with E-state index >= 15 is 0 Å².